The highest BCUT2D eigenvalue weighted by atomic mass is 16.5. The third-order valence-corrected chi connectivity index (χ3v) is 2.29. The van der Waals surface area contributed by atoms with Crippen LogP contribution in [0.1, 0.15) is 35.7 Å². The van der Waals surface area contributed by atoms with Crippen LogP contribution < -0.4 is 5.32 Å². The van der Waals surface area contributed by atoms with Crippen LogP contribution in [0.2, 0.25) is 0 Å². The average molecular weight is 235 g/mol. The summed E-state index contributed by atoms with van der Waals surface area (Å²) in [5.41, 5.74) is 1.47. The maximum atomic E-state index is 11.2. The van der Waals surface area contributed by atoms with Crippen molar-refractivity contribution in [1.29, 1.82) is 0 Å². The fourth-order valence-electron chi connectivity index (χ4n) is 1.26. The lowest BCUT2D eigenvalue weighted by Crippen LogP contribution is -2.25. The van der Waals surface area contributed by atoms with Gasteiger partial charge in [-0.2, -0.15) is 0 Å². The molecule has 0 saturated carbocycles. The van der Waals surface area contributed by atoms with Gasteiger partial charge in [0.1, 0.15) is 12.9 Å². The number of benzene rings is 1. The maximum Gasteiger partial charge on any atom is 0.407 e. The van der Waals surface area contributed by atoms with E-state index in [0.717, 1.165) is 24.7 Å². The number of ether oxygens (including phenoxy) is 1. The summed E-state index contributed by atoms with van der Waals surface area (Å²) in [6, 6.07) is 6.92. The lowest BCUT2D eigenvalue weighted by Gasteiger charge is -2.06. The lowest BCUT2D eigenvalue weighted by atomic mass is 10.2. The molecule has 1 amide bonds. The van der Waals surface area contributed by atoms with Gasteiger partial charge in [0.2, 0.25) is 0 Å². The molecule has 4 heteroatoms. The predicted octanol–water partition coefficient (Wildman–Crippen LogP) is 2.53. The molecule has 0 bridgehead atoms. The Labute approximate surface area is 101 Å². The molecule has 0 unspecified atom stereocenters. The minimum absolute atomic E-state index is 0.219. The molecule has 17 heavy (non-hydrogen) atoms. The molecule has 0 aliphatic carbocycles. The highest BCUT2D eigenvalue weighted by Crippen LogP contribution is 2.04. The number of unbranched alkanes of at least 4 members (excludes halogenated alkanes) is 1. The number of hydrogen-bond acceptors (Lipinski definition) is 3. The van der Waals surface area contributed by atoms with Crippen LogP contribution in [0.25, 0.3) is 0 Å². The monoisotopic (exact) mass is 235 g/mol. The molecule has 1 aromatic carbocycles. The quantitative estimate of drug-likeness (QED) is 0.609. The van der Waals surface area contributed by atoms with Crippen molar-refractivity contribution in [2.45, 2.75) is 26.4 Å². The molecule has 0 atom stereocenters. The van der Waals surface area contributed by atoms with Crippen molar-refractivity contribution in [1.82, 2.24) is 5.32 Å². The van der Waals surface area contributed by atoms with Crippen molar-refractivity contribution in [2.24, 2.45) is 0 Å². The van der Waals surface area contributed by atoms with Crippen LogP contribution in [0.4, 0.5) is 4.79 Å². The summed E-state index contributed by atoms with van der Waals surface area (Å²) < 4.78 is 5.01. The van der Waals surface area contributed by atoms with E-state index in [2.05, 4.69) is 12.2 Å². The third kappa shape index (κ3) is 5.15. The molecule has 0 spiro atoms. The van der Waals surface area contributed by atoms with Crippen LogP contribution in [0.5, 0.6) is 0 Å². The molecule has 92 valence electrons. The summed E-state index contributed by atoms with van der Waals surface area (Å²) in [6.07, 6.45) is 2.36. The van der Waals surface area contributed by atoms with Crippen molar-refractivity contribution >= 4 is 12.4 Å². The Hall–Kier alpha value is -1.84. The number of carbonyl (C=O) groups excluding carboxylic acids is 2. The van der Waals surface area contributed by atoms with Gasteiger partial charge in [-0.3, -0.25) is 4.79 Å². The van der Waals surface area contributed by atoms with Gasteiger partial charge in [-0.05, 0) is 12.0 Å². The van der Waals surface area contributed by atoms with E-state index in [-0.39, 0.29) is 6.61 Å². The molecule has 4 nitrogen and oxygen atoms in total. The Morgan fingerprint density at radius 1 is 1.35 bits per heavy atom. The van der Waals surface area contributed by atoms with Gasteiger partial charge in [-0.1, -0.05) is 37.6 Å². The Bertz CT molecular complexity index is 359. The van der Waals surface area contributed by atoms with Gasteiger partial charge < -0.3 is 10.1 Å². The minimum atomic E-state index is -0.405. The topological polar surface area (TPSA) is 55.4 Å². The van der Waals surface area contributed by atoms with E-state index in [0.29, 0.717) is 12.1 Å². The van der Waals surface area contributed by atoms with E-state index < -0.39 is 6.09 Å². The number of alkyl carbamates (subject to hydrolysis) is 1. The molecule has 0 aliphatic rings. The third-order valence-electron chi connectivity index (χ3n) is 2.29. The first-order chi connectivity index (χ1) is 8.26. The molecule has 0 aliphatic heterocycles. The normalized spacial score (nSPS) is 9.71. The van der Waals surface area contributed by atoms with Crippen molar-refractivity contribution < 1.29 is 14.3 Å². The smallest absolute Gasteiger partial charge is 0.407 e. The number of hydrogen-bond donors (Lipinski definition) is 1. The van der Waals surface area contributed by atoms with Gasteiger partial charge >= 0.3 is 6.09 Å². The van der Waals surface area contributed by atoms with E-state index in [4.69, 9.17) is 4.74 Å². The summed E-state index contributed by atoms with van der Waals surface area (Å²) in [6.45, 7) is 2.91. The van der Waals surface area contributed by atoms with Gasteiger partial charge in [0.05, 0.1) is 0 Å². The first-order valence-corrected chi connectivity index (χ1v) is 5.71. The highest BCUT2D eigenvalue weighted by Gasteiger charge is 2.01. The zero-order chi connectivity index (χ0) is 12.5. The molecular formula is C13H17NO3. The predicted molar refractivity (Wildman–Crippen MR) is 64.9 cm³/mol. The minimum Gasteiger partial charge on any atom is -0.445 e. The fourth-order valence-corrected chi connectivity index (χ4v) is 1.26. The second kappa shape index (κ2) is 7.44. The molecule has 0 saturated heterocycles. The summed E-state index contributed by atoms with van der Waals surface area (Å²) in [5.74, 6) is 0. The molecule has 1 N–H and O–H groups in total. The summed E-state index contributed by atoms with van der Waals surface area (Å²) in [4.78, 5) is 21.7. The molecule has 1 rings (SSSR count). The largest absolute Gasteiger partial charge is 0.445 e. The van der Waals surface area contributed by atoms with Crippen molar-refractivity contribution in [3.8, 4) is 0 Å². The number of aldehydes is 1. The Morgan fingerprint density at radius 3 is 2.65 bits per heavy atom. The molecule has 1 aromatic rings. The van der Waals surface area contributed by atoms with Crippen molar-refractivity contribution in [3.63, 3.8) is 0 Å². The highest BCUT2D eigenvalue weighted by molar-refractivity contribution is 5.74. The molecule has 0 aromatic heterocycles. The number of nitrogens with one attached hydrogen (secondary N) is 1. The van der Waals surface area contributed by atoms with Crippen molar-refractivity contribution in [2.75, 3.05) is 6.54 Å². The van der Waals surface area contributed by atoms with Crippen LogP contribution in [0, 0.1) is 0 Å². The van der Waals surface area contributed by atoms with Gasteiger partial charge in [-0.25, -0.2) is 4.79 Å². The standard InChI is InChI=1S/C13H17NO3/c1-2-3-8-14-13(16)17-10-12-6-4-11(9-15)5-7-12/h4-7,9H,2-3,8,10H2,1H3,(H,14,16). The van der Waals surface area contributed by atoms with Crippen LogP contribution in [0.15, 0.2) is 24.3 Å². The molecule has 0 fully saturated rings. The van der Waals surface area contributed by atoms with Crippen LogP contribution >= 0.6 is 0 Å². The second-order valence-corrected chi connectivity index (χ2v) is 3.72. The van der Waals surface area contributed by atoms with Crippen LogP contribution in [0.3, 0.4) is 0 Å². The Balaban J connectivity index is 2.29. The summed E-state index contributed by atoms with van der Waals surface area (Å²) >= 11 is 0. The van der Waals surface area contributed by atoms with E-state index in [1.807, 2.05) is 0 Å². The number of carbonyl (C=O) groups is 2. The maximum absolute atomic E-state index is 11.2. The Kier molecular flexibility index (Phi) is 5.79. The SMILES string of the molecule is CCCCNC(=O)OCc1ccc(C=O)cc1. The van der Waals surface area contributed by atoms with Crippen LogP contribution in [-0.2, 0) is 11.3 Å². The van der Waals surface area contributed by atoms with Gasteiger partial charge in [0, 0.05) is 12.1 Å². The van der Waals surface area contributed by atoms with E-state index in [9.17, 15) is 9.59 Å². The van der Waals surface area contributed by atoms with Crippen LogP contribution in [-0.4, -0.2) is 18.9 Å². The molecule has 0 heterocycles. The first kappa shape index (κ1) is 13.2. The molecule has 0 radical (unpaired) electrons. The number of amides is 1. The second-order valence-electron chi connectivity index (χ2n) is 3.72. The van der Waals surface area contributed by atoms with Gasteiger partial charge in [-0.15, -0.1) is 0 Å². The fraction of sp³-hybridized carbons (Fsp3) is 0.385. The van der Waals surface area contributed by atoms with E-state index in [1.165, 1.54) is 0 Å². The Morgan fingerprint density at radius 2 is 2.06 bits per heavy atom. The summed E-state index contributed by atoms with van der Waals surface area (Å²) in [7, 11) is 0. The van der Waals surface area contributed by atoms with Crippen molar-refractivity contribution in [3.05, 3.63) is 35.4 Å². The molecular weight excluding hydrogens is 218 g/mol. The van der Waals surface area contributed by atoms with E-state index >= 15 is 0 Å². The van der Waals surface area contributed by atoms with Gasteiger partial charge in [0.25, 0.3) is 0 Å². The summed E-state index contributed by atoms with van der Waals surface area (Å²) in [5, 5.41) is 2.66. The number of rotatable bonds is 6. The zero-order valence-electron chi connectivity index (χ0n) is 9.94. The first-order valence-electron chi connectivity index (χ1n) is 5.71. The lowest BCUT2D eigenvalue weighted by molar-refractivity contribution is 0.112. The zero-order valence-corrected chi connectivity index (χ0v) is 9.94. The van der Waals surface area contributed by atoms with Gasteiger partial charge in [0.15, 0.2) is 0 Å². The average Bonchev–Trinajstić information content (AvgIpc) is 2.37. The van der Waals surface area contributed by atoms with E-state index in [1.54, 1.807) is 24.3 Å².